The normalized spacial score (nSPS) is 11.3. The van der Waals surface area contributed by atoms with E-state index < -0.39 is 0 Å². The molecule has 2 heterocycles. The minimum absolute atomic E-state index is 0.0433. The number of halogens is 1. The van der Waals surface area contributed by atoms with Crippen LogP contribution < -0.4 is 5.56 Å². The van der Waals surface area contributed by atoms with Crippen LogP contribution in [-0.2, 0) is 11.5 Å². The van der Waals surface area contributed by atoms with Crippen molar-refractivity contribution in [1.82, 2.24) is 9.38 Å². The quantitative estimate of drug-likeness (QED) is 0.600. The summed E-state index contributed by atoms with van der Waals surface area (Å²) < 4.78 is 2.42. The lowest BCUT2D eigenvalue weighted by Gasteiger charge is -2.07. The third kappa shape index (κ3) is 4.08. The first kappa shape index (κ1) is 17.2. The van der Waals surface area contributed by atoms with E-state index in [2.05, 4.69) is 59.0 Å². The monoisotopic (exact) mass is 402 g/mol. The van der Waals surface area contributed by atoms with Crippen molar-refractivity contribution in [1.29, 1.82) is 0 Å². The maximum atomic E-state index is 12.2. The first-order valence-electron chi connectivity index (χ1n) is 7.87. The Balaban J connectivity index is 1.67. The average Bonchev–Trinajstić information content (AvgIpc) is 2.56. The Bertz CT molecular complexity index is 903. The van der Waals surface area contributed by atoms with Crippen LogP contribution in [-0.4, -0.2) is 9.38 Å². The van der Waals surface area contributed by atoms with Gasteiger partial charge < -0.3 is 0 Å². The van der Waals surface area contributed by atoms with Crippen molar-refractivity contribution in [2.24, 2.45) is 0 Å². The van der Waals surface area contributed by atoms with Crippen LogP contribution in [0.15, 0.2) is 57.9 Å². The van der Waals surface area contributed by atoms with E-state index in [9.17, 15) is 4.79 Å². The van der Waals surface area contributed by atoms with E-state index >= 15 is 0 Å². The summed E-state index contributed by atoms with van der Waals surface area (Å²) in [6.45, 7) is 4.40. The lowest BCUT2D eigenvalue weighted by atomic mass is 10.0. The second-order valence-electron chi connectivity index (χ2n) is 6.05. The van der Waals surface area contributed by atoms with Crippen molar-refractivity contribution in [3.8, 4) is 0 Å². The third-order valence-electron chi connectivity index (χ3n) is 3.84. The second kappa shape index (κ2) is 7.53. The fourth-order valence-corrected chi connectivity index (χ4v) is 3.70. The van der Waals surface area contributed by atoms with Crippen LogP contribution in [0.5, 0.6) is 0 Å². The van der Waals surface area contributed by atoms with Crippen molar-refractivity contribution in [2.45, 2.75) is 31.3 Å². The maximum Gasteiger partial charge on any atom is 0.258 e. The molecule has 1 aromatic carbocycles. The van der Waals surface area contributed by atoms with Crippen LogP contribution >= 0.6 is 27.7 Å². The molecular weight excluding hydrogens is 384 g/mol. The summed E-state index contributed by atoms with van der Waals surface area (Å²) in [5.41, 5.74) is 4.12. The number of hydrogen-bond acceptors (Lipinski definition) is 3. The highest BCUT2D eigenvalue weighted by Crippen LogP contribution is 2.20. The van der Waals surface area contributed by atoms with Crippen molar-refractivity contribution in [3.05, 3.63) is 80.3 Å². The number of thioether (sulfide) groups is 1. The summed E-state index contributed by atoms with van der Waals surface area (Å²) in [4.78, 5) is 16.7. The highest BCUT2D eigenvalue weighted by molar-refractivity contribution is 9.10. The molecule has 0 amide bonds. The number of benzene rings is 1. The summed E-state index contributed by atoms with van der Waals surface area (Å²) in [7, 11) is 0. The Kier molecular flexibility index (Phi) is 5.41. The van der Waals surface area contributed by atoms with Crippen molar-refractivity contribution in [3.63, 3.8) is 0 Å². The first-order chi connectivity index (χ1) is 11.5. The molecule has 0 saturated carbocycles. The number of pyridine rings is 1. The molecule has 3 rings (SSSR count). The Morgan fingerprint density at radius 1 is 1.12 bits per heavy atom. The second-order valence-corrected chi connectivity index (χ2v) is 7.95. The van der Waals surface area contributed by atoms with E-state index in [1.54, 1.807) is 28.4 Å². The van der Waals surface area contributed by atoms with Gasteiger partial charge >= 0.3 is 0 Å². The van der Waals surface area contributed by atoms with E-state index in [1.807, 2.05) is 12.1 Å². The van der Waals surface area contributed by atoms with E-state index in [0.717, 1.165) is 21.7 Å². The van der Waals surface area contributed by atoms with Crippen LogP contribution in [0.2, 0.25) is 0 Å². The van der Waals surface area contributed by atoms with Crippen LogP contribution in [0.4, 0.5) is 0 Å². The van der Waals surface area contributed by atoms with Gasteiger partial charge in [0.25, 0.3) is 5.56 Å². The van der Waals surface area contributed by atoms with Gasteiger partial charge in [-0.1, -0.05) is 38.1 Å². The van der Waals surface area contributed by atoms with Crippen LogP contribution in [0.25, 0.3) is 5.65 Å². The van der Waals surface area contributed by atoms with Gasteiger partial charge in [-0.15, -0.1) is 0 Å². The highest BCUT2D eigenvalue weighted by atomic mass is 79.9. The van der Waals surface area contributed by atoms with Gasteiger partial charge in [0.1, 0.15) is 5.65 Å². The summed E-state index contributed by atoms with van der Waals surface area (Å²) in [5.74, 6) is 2.20. The number of aromatic nitrogens is 2. The summed E-state index contributed by atoms with van der Waals surface area (Å²) in [6.07, 6.45) is 1.75. The molecular formula is C19H19BrN2OS. The minimum Gasteiger partial charge on any atom is -0.269 e. The van der Waals surface area contributed by atoms with Gasteiger partial charge in [-0.25, -0.2) is 4.98 Å². The Morgan fingerprint density at radius 3 is 2.58 bits per heavy atom. The van der Waals surface area contributed by atoms with E-state index in [4.69, 9.17) is 0 Å². The van der Waals surface area contributed by atoms with Gasteiger partial charge in [-0.05, 0) is 45.1 Å². The molecule has 5 heteroatoms. The predicted molar refractivity (Wildman–Crippen MR) is 105 cm³/mol. The average molecular weight is 403 g/mol. The standard InChI is InChI=1S/C19H19BrN2OS/c1-13(2)15-5-3-14(4-6-15)11-24-12-17-9-19(23)22-10-16(20)7-8-18(22)21-17/h3-10,13H,11-12H2,1-2H3. The molecule has 3 aromatic rings. The zero-order chi connectivity index (χ0) is 17.1. The lowest BCUT2D eigenvalue weighted by molar-refractivity contribution is 0.866. The van der Waals surface area contributed by atoms with E-state index in [1.165, 1.54) is 11.1 Å². The molecule has 2 aromatic heterocycles. The van der Waals surface area contributed by atoms with Gasteiger partial charge in [0.05, 0.1) is 5.69 Å². The molecule has 0 N–H and O–H groups in total. The van der Waals surface area contributed by atoms with Gasteiger partial charge in [0.15, 0.2) is 0 Å². The molecule has 0 aliphatic carbocycles. The molecule has 124 valence electrons. The van der Waals surface area contributed by atoms with Gasteiger partial charge in [-0.2, -0.15) is 11.8 Å². The van der Waals surface area contributed by atoms with Crippen LogP contribution in [0, 0.1) is 0 Å². The maximum absolute atomic E-state index is 12.2. The molecule has 0 aliphatic heterocycles. The van der Waals surface area contributed by atoms with Crippen molar-refractivity contribution < 1.29 is 0 Å². The molecule has 0 saturated heterocycles. The third-order valence-corrected chi connectivity index (χ3v) is 5.35. The molecule has 0 atom stereocenters. The highest BCUT2D eigenvalue weighted by Gasteiger charge is 2.04. The van der Waals surface area contributed by atoms with Crippen LogP contribution in [0.3, 0.4) is 0 Å². The molecule has 0 aliphatic rings. The van der Waals surface area contributed by atoms with Crippen molar-refractivity contribution >= 4 is 33.3 Å². The molecule has 3 nitrogen and oxygen atoms in total. The summed E-state index contributed by atoms with van der Waals surface area (Å²) in [6, 6.07) is 14.1. The molecule has 0 bridgehead atoms. The fraction of sp³-hybridized carbons (Fsp3) is 0.263. The zero-order valence-electron chi connectivity index (χ0n) is 13.7. The zero-order valence-corrected chi connectivity index (χ0v) is 16.1. The predicted octanol–water partition coefficient (Wildman–Crippen LogP) is 5.01. The molecule has 0 unspecified atom stereocenters. The SMILES string of the molecule is CC(C)c1ccc(CSCc2cc(=O)n3cc(Br)ccc3n2)cc1. The molecule has 24 heavy (non-hydrogen) atoms. The molecule has 0 radical (unpaired) electrons. The Labute approximate surface area is 154 Å². The van der Waals surface area contributed by atoms with E-state index in [0.29, 0.717) is 11.6 Å². The number of hydrogen-bond donors (Lipinski definition) is 0. The van der Waals surface area contributed by atoms with Crippen molar-refractivity contribution in [2.75, 3.05) is 0 Å². The van der Waals surface area contributed by atoms with Gasteiger partial charge in [-0.3, -0.25) is 9.20 Å². The van der Waals surface area contributed by atoms with Gasteiger partial charge in [0, 0.05) is 28.2 Å². The topological polar surface area (TPSA) is 34.4 Å². The first-order valence-corrected chi connectivity index (χ1v) is 9.82. The number of rotatable bonds is 5. The lowest BCUT2D eigenvalue weighted by Crippen LogP contribution is -2.15. The number of nitrogens with zero attached hydrogens (tertiary/aromatic N) is 2. The molecule has 0 fully saturated rings. The van der Waals surface area contributed by atoms with Gasteiger partial charge in [0.2, 0.25) is 0 Å². The summed E-state index contributed by atoms with van der Waals surface area (Å²) >= 11 is 5.15. The van der Waals surface area contributed by atoms with E-state index in [-0.39, 0.29) is 5.56 Å². The Morgan fingerprint density at radius 2 is 1.88 bits per heavy atom. The largest absolute Gasteiger partial charge is 0.269 e. The fourth-order valence-electron chi connectivity index (χ4n) is 2.47. The number of fused-ring (bicyclic) bond motifs is 1. The molecule has 0 spiro atoms. The smallest absolute Gasteiger partial charge is 0.258 e. The Hall–Kier alpha value is -1.59. The minimum atomic E-state index is -0.0433. The summed E-state index contributed by atoms with van der Waals surface area (Å²) in [5, 5.41) is 0. The van der Waals surface area contributed by atoms with Crippen LogP contribution in [0.1, 0.15) is 36.6 Å².